The molecule has 0 saturated carbocycles. The Bertz CT molecular complexity index is 399. The monoisotopic (exact) mass is 277 g/mol. The summed E-state index contributed by atoms with van der Waals surface area (Å²) in [5, 5.41) is 0. The fourth-order valence-electron chi connectivity index (χ4n) is 2.45. The Morgan fingerprint density at radius 3 is 2.32 bits per heavy atom. The van der Waals surface area contributed by atoms with Gasteiger partial charge in [-0.25, -0.2) is 0 Å². The SMILES string of the molecule is CC(CN1CCN(Cc2ccccc2)CC1)C(N)=S. The highest BCUT2D eigenvalue weighted by Crippen LogP contribution is 2.10. The molecule has 104 valence electrons. The van der Waals surface area contributed by atoms with Gasteiger partial charge in [-0.05, 0) is 5.56 Å². The maximum atomic E-state index is 5.68. The van der Waals surface area contributed by atoms with Gasteiger partial charge in [-0.15, -0.1) is 0 Å². The molecule has 1 aliphatic heterocycles. The molecule has 1 atom stereocenters. The van der Waals surface area contributed by atoms with Crippen LogP contribution in [0.15, 0.2) is 30.3 Å². The number of hydrogen-bond acceptors (Lipinski definition) is 3. The second kappa shape index (κ2) is 6.98. The van der Waals surface area contributed by atoms with Gasteiger partial charge in [-0.3, -0.25) is 4.90 Å². The van der Waals surface area contributed by atoms with E-state index in [1.807, 2.05) is 0 Å². The lowest BCUT2D eigenvalue weighted by molar-refractivity contribution is 0.122. The number of benzene rings is 1. The lowest BCUT2D eigenvalue weighted by Crippen LogP contribution is -2.48. The normalized spacial score (nSPS) is 19.2. The zero-order valence-electron chi connectivity index (χ0n) is 11.6. The van der Waals surface area contributed by atoms with Crippen molar-refractivity contribution < 1.29 is 0 Å². The summed E-state index contributed by atoms with van der Waals surface area (Å²) in [7, 11) is 0. The van der Waals surface area contributed by atoms with E-state index in [1.54, 1.807) is 0 Å². The molecular weight excluding hydrogens is 254 g/mol. The van der Waals surface area contributed by atoms with Crippen LogP contribution in [-0.4, -0.2) is 47.5 Å². The summed E-state index contributed by atoms with van der Waals surface area (Å²) in [6, 6.07) is 10.7. The Kier molecular flexibility index (Phi) is 5.31. The van der Waals surface area contributed by atoms with E-state index in [-0.39, 0.29) is 0 Å². The largest absolute Gasteiger partial charge is 0.393 e. The van der Waals surface area contributed by atoms with Crippen LogP contribution in [0.3, 0.4) is 0 Å². The van der Waals surface area contributed by atoms with Crippen molar-refractivity contribution in [1.29, 1.82) is 0 Å². The number of rotatable bonds is 5. The molecule has 1 aromatic rings. The summed E-state index contributed by atoms with van der Waals surface area (Å²) >= 11 is 5.04. The van der Waals surface area contributed by atoms with Crippen LogP contribution in [-0.2, 0) is 6.54 Å². The molecule has 4 heteroatoms. The van der Waals surface area contributed by atoms with Gasteiger partial charge < -0.3 is 10.6 Å². The summed E-state index contributed by atoms with van der Waals surface area (Å²) in [4.78, 5) is 5.61. The topological polar surface area (TPSA) is 32.5 Å². The van der Waals surface area contributed by atoms with Gasteiger partial charge in [0, 0.05) is 45.2 Å². The Hall–Kier alpha value is -0.970. The number of nitrogens with two attached hydrogens (primary N) is 1. The van der Waals surface area contributed by atoms with Crippen molar-refractivity contribution >= 4 is 17.2 Å². The number of thiocarbonyl (C=S) groups is 1. The number of piperazine rings is 1. The summed E-state index contributed by atoms with van der Waals surface area (Å²) in [5.41, 5.74) is 7.07. The fourth-order valence-corrected chi connectivity index (χ4v) is 2.52. The minimum absolute atomic E-state index is 0.315. The van der Waals surface area contributed by atoms with Crippen molar-refractivity contribution in [1.82, 2.24) is 9.80 Å². The van der Waals surface area contributed by atoms with E-state index in [0.717, 1.165) is 39.3 Å². The fraction of sp³-hybridized carbons (Fsp3) is 0.533. The zero-order valence-corrected chi connectivity index (χ0v) is 12.4. The van der Waals surface area contributed by atoms with E-state index < -0.39 is 0 Å². The summed E-state index contributed by atoms with van der Waals surface area (Å²) < 4.78 is 0. The Labute approximate surface area is 121 Å². The van der Waals surface area contributed by atoms with Gasteiger partial charge in [0.1, 0.15) is 0 Å². The molecule has 1 unspecified atom stereocenters. The van der Waals surface area contributed by atoms with Crippen LogP contribution in [0, 0.1) is 5.92 Å². The summed E-state index contributed by atoms with van der Waals surface area (Å²) in [6.07, 6.45) is 0. The summed E-state index contributed by atoms with van der Waals surface area (Å²) in [6.45, 7) is 8.63. The second-order valence-electron chi connectivity index (χ2n) is 5.37. The van der Waals surface area contributed by atoms with Crippen molar-refractivity contribution in [3.8, 4) is 0 Å². The number of nitrogens with zero attached hydrogens (tertiary/aromatic N) is 2. The highest BCUT2D eigenvalue weighted by atomic mass is 32.1. The van der Waals surface area contributed by atoms with Crippen molar-refractivity contribution in [2.45, 2.75) is 13.5 Å². The van der Waals surface area contributed by atoms with Gasteiger partial charge >= 0.3 is 0 Å². The zero-order chi connectivity index (χ0) is 13.7. The quantitative estimate of drug-likeness (QED) is 0.831. The Balaban J connectivity index is 1.75. The van der Waals surface area contributed by atoms with Gasteiger partial charge in [-0.2, -0.15) is 0 Å². The molecule has 0 aromatic heterocycles. The summed E-state index contributed by atoms with van der Waals surface area (Å²) in [5.74, 6) is 0.315. The van der Waals surface area contributed by atoms with Gasteiger partial charge in [0.2, 0.25) is 0 Å². The molecule has 1 saturated heterocycles. The molecule has 19 heavy (non-hydrogen) atoms. The van der Waals surface area contributed by atoms with Gasteiger partial charge in [0.15, 0.2) is 0 Å². The van der Waals surface area contributed by atoms with Crippen molar-refractivity contribution in [2.75, 3.05) is 32.7 Å². The van der Waals surface area contributed by atoms with Crippen LogP contribution in [0.4, 0.5) is 0 Å². The smallest absolute Gasteiger partial charge is 0.0768 e. The lowest BCUT2D eigenvalue weighted by Gasteiger charge is -2.35. The van der Waals surface area contributed by atoms with Crippen LogP contribution in [0.1, 0.15) is 12.5 Å². The third-order valence-electron chi connectivity index (χ3n) is 3.73. The highest BCUT2D eigenvalue weighted by Gasteiger charge is 2.19. The van der Waals surface area contributed by atoms with Crippen molar-refractivity contribution in [2.24, 2.45) is 11.7 Å². The molecule has 1 heterocycles. The van der Waals surface area contributed by atoms with Crippen LogP contribution in [0.5, 0.6) is 0 Å². The van der Waals surface area contributed by atoms with Gasteiger partial charge in [0.25, 0.3) is 0 Å². The molecule has 0 bridgehead atoms. The van der Waals surface area contributed by atoms with Crippen molar-refractivity contribution in [3.05, 3.63) is 35.9 Å². The lowest BCUT2D eigenvalue weighted by atomic mass is 10.1. The predicted molar refractivity (Wildman–Crippen MR) is 84.1 cm³/mol. The minimum atomic E-state index is 0.315. The van der Waals surface area contributed by atoms with Crippen LogP contribution < -0.4 is 5.73 Å². The maximum absolute atomic E-state index is 5.68. The average molecular weight is 277 g/mol. The van der Waals surface area contributed by atoms with Crippen LogP contribution in [0.2, 0.25) is 0 Å². The van der Waals surface area contributed by atoms with Crippen molar-refractivity contribution in [3.63, 3.8) is 0 Å². The Morgan fingerprint density at radius 1 is 1.16 bits per heavy atom. The molecule has 2 N–H and O–H groups in total. The van der Waals surface area contributed by atoms with E-state index in [4.69, 9.17) is 18.0 Å². The van der Waals surface area contributed by atoms with Gasteiger partial charge in [-0.1, -0.05) is 49.5 Å². The molecule has 2 rings (SSSR count). The first-order valence-corrected chi connectivity index (χ1v) is 7.34. The third-order valence-corrected chi connectivity index (χ3v) is 4.13. The third kappa shape index (κ3) is 4.56. The molecule has 1 fully saturated rings. The van der Waals surface area contributed by atoms with E-state index in [0.29, 0.717) is 10.9 Å². The predicted octanol–water partition coefficient (Wildman–Crippen LogP) is 1.73. The molecule has 3 nitrogen and oxygen atoms in total. The molecule has 1 aromatic carbocycles. The molecule has 0 spiro atoms. The standard InChI is InChI=1S/C15H23N3S/c1-13(15(16)19)11-17-7-9-18(10-8-17)12-14-5-3-2-4-6-14/h2-6,13H,7-12H2,1H3,(H2,16,19). The van der Waals surface area contributed by atoms with E-state index in [9.17, 15) is 0 Å². The number of hydrogen-bond donors (Lipinski definition) is 1. The average Bonchev–Trinajstić information content (AvgIpc) is 2.42. The van der Waals surface area contributed by atoms with Crippen LogP contribution in [0.25, 0.3) is 0 Å². The first-order chi connectivity index (χ1) is 9.15. The van der Waals surface area contributed by atoms with Crippen LogP contribution >= 0.6 is 12.2 Å². The molecule has 0 radical (unpaired) electrons. The minimum Gasteiger partial charge on any atom is -0.393 e. The van der Waals surface area contributed by atoms with Gasteiger partial charge in [0.05, 0.1) is 4.99 Å². The maximum Gasteiger partial charge on any atom is 0.0768 e. The molecular formula is C15H23N3S. The van der Waals surface area contributed by atoms with E-state index in [2.05, 4.69) is 47.1 Å². The highest BCUT2D eigenvalue weighted by molar-refractivity contribution is 7.80. The molecule has 1 aliphatic rings. The first-order valence-electron chi connectivity index (χ1n) is 6.93. The second-order valence-corrected chi connectivity index (χ2v) is 5.84. The Morgan fingerprint density at radius 2 is 1.74 bits per heavy atom. The molecule has 0 amide bonds. The first kappa shape index (κ1) is 14.4. The van der Waals surface area contributed by atoms with E-state index >= 15 is 0 Å². The molecule has 0 aliphatic carbocycles. The van der Waals surface area contributed by atoms with E-state index in [1.165, 1.54) is 5.56 Å².